The SMILES string of the molecule is N[C@@H](Cc1ccc2[nH]c3ccccc3c(=O)c2c1)C(=O)O. The van der Waals surface area contributed by atoms with Gasteiger partial charge < -0.3 is 15.8 Å². The van der Waals surface area contributed by atoms with Crippen LogP contribution in [-0.4, -0.2) is 22.1 Å². The van der Waals surface area contributed by atoms with E-state index in [1.165, 1.54) is 0 Å². The fraction of sp³-hybridized carbons (Fsp3) is 0.125. The fourth-order valence-electron chi connectivity index (χ4n) is 2.44. The Hall–Kier alpha value is -2.66. The molecule has 0 aliphatic carbocycles. The summed E-state index contributed by atoms with van der Waals surface area (Å²) in [5.41, 5.74) is 7.72. The first kappa shape index (κ1) is 13.3. The summed E-state index contributed by atoms with van der Waals surface area (Å²) in [6.45, 7) is 0. The number of aromatic nitrogens is 1. The summed E-state index contributed by atoms with van der Waals surface area (Å²) in [7, 11) is 0. The first-order chi connectivity index (χ1) is 10.1. The highest BCUT2D eigenvalue weighted by Gasteiger charge is 2.13. The Morgan fingerprint density at radius 3 is 2.62 bits per heavy atom. The van der Waals surface area contributed by atoms with Crippen LogP contribution in [0.25, 0.3) is 21.8 Å². The zero-order valence-electron chi connectivity index (χ0n) is 11.2. The first-order valence-electron chi connectivity index (χ1n) is 6.58. The smallest absolute Gasteiger partial charge is 0.320 e. The second-order valence-electron chi connectivity index (χ2n) is 5.03. The maximum absolute atomic E-state index is 12.5. The molecule has 106 valence electrons. The highest BCUT2D eigenvalue weighted by atomic mass is 16.4. The molecule has 3 aromatic rings. The summed E-state index contributed by atoms with van der Waals surface area (Å²) < 4.78 is 0. The van der Waals surface area contributed by atoms with Gasteiger partial charge in [-0.2, -0.15) is 0 Å². The van der Waals surface area contributed by atoms with Crippen LogP contribution in [0.2, 0.25) is 0 Å². The Bertz CT molecular complexity index is 899. The van der Waals surface area contributed by atoms with Crippen LogP contribution >= 0.6 is 0 Å². The lowest BCUT2D eigenvalue weighted by Gasteiger charge is -2.08. The number of benzene rings is 2. The number of carboxylic acids is 1. The average molecular weight is 282 g/mol. The maximum Gasteiger partial charge on any atom is 0.320 e. The van der Waals surface area contributed by atoms with Gasteiger partial charge in [-0.1, -0.05) is 18.2 Å². The van der Waals surface area contributed by atoms with Gasteiger partial charge in [0.1, 0.15) is 6.04 Å². The zero-order valence-corrected chi connectivity index (χ0v) is 11.2. The molecule has 4 N–H and O–H groups in total. The van der Waals surface area contributed by atoms with Crippen LogP contribution in [0.1, 0.15) is 5.56 Å². The molecule has 0 bridgehead atoms. The third-order valence-corrected chi connectivity index (χ3v) is 3.54. The average Bonchev–Trinajstić information content (AvgIpc) is 2.48. The normalized spacial score (nSPS) is 12.6. The second-order valence-corrected chi connectivity index (χ2v) is 5.03. The first-order valence-corrected chi connectivity index (χ1v) is 6.58. The molecule has 3 rings (SSSR count). The number of fused-ring (bicyclic) bond motifs is 2. The van der Waals surface area contributed by atoms with Crippen molar-refractivity contribution in [2.45, 2.75) is 12.5 Å². The molecule has 21 heavy (non-hydrogen) atoms. The molecule has 0 amide bonds. The van der Waals surface area contributed by atoms with Crippen molar-refractivity contribution < 1.29 is 9.90 Å². The minimum Gasteiger partial charge on any atom is -0.480 e. The molecule has 0 fully saturated rings. The van der Waals surface area contributed by atoms with Crippen molar-refractivity contribution in [3.63, 3.8) is 0 Å². The van der Waals surface area contributed by atoms with Crippen LogP contribution in [0.5, 0.6) is 0 Å². The molecule has 1 aromatic heterocycles. The van der Waals surface area contributed by atoms with E-state index in [1.807, 2.05) is 18.2 Å². The number of aromatic amines is 1. The lowest BCUT2D eigenvalue weighted by molar-refractivity contribution is -0.138. The zero-order chi connectivity index (χ0) is 15.0. The summed E-state index contributed by atoms with van der Waals surface area (Å²) in [6.07, 6.45) is 0.192. The van der Waals surface area contributed by atoms with E-state index in [4.69, 9.17) is 10.8 Å². The van der Waals surface area contributed by atoms with Crippen LogP contribution in [0.15, 0.2) is 47.3 Å². The molecule has 1 atom stereocenters. The van der Waals surface area contributed by atoms with Gasteiger partial charge in [0, 0.05) is 21.8 Å². The van der Waals surface area contributed by atoms with Crippen LogP contribution in [-0.2, 0) is 11.2 Å². The number of H-pyrrole nitrogens is 1. The van der Waals surface area contributed by atoms with Crippen LogP contribution in [0.4, 0.5) is 0 Å². The molecule has 0 aliphatic heterocycles. The van der Waals surface area contributed by atoms with Crippen LogP contribution in [0.3, 0.4) is 0 Å². The quantitative estimate of drug-likeness (QED) is 0.636. The number of nitrogens with two attached hydrogens (primary N) is 1. The number of hydrogen-bond donors (Lipinski definition) is 3. The summed E-state index contributed by atoms with van der Waals surface area (Å²) in [5, 5.41) is 10.0. The molecule has 5 heteroatoms. The van der Waals surface area contributed by atoms with Gasteiger partial charge in [-0.05, 0) is 36.2 Å². The molecule has 0 radical (unpaired) electrons. The molecule has 1 heterocycles. The van der Waals surface area contributed by atoms with E-state index in [9.17, 15) is 9.59 Å². The predicted octanol–water partition coefficient (Wildman–Crippen LogP) is 1.64. The summed E-state index contributed by atoms with van der Waals surface area (Å²) in [6, 6.07) is 11.6. The molecule has 5 nitrogen and oxygen atoms in total. The molecule has 2 aromatic carbocycles. The topological polar surface area (TPSA) is 96.2 Å². The van der Waals surface area contributed by atoms with Gasteiger partial charge in [0.05, 0.1) is 0 Å². The maximum atomic E-state index is 12.5. The largest absolute Gasteiger partial charge is 0.480 e. The third-order valence-electron chi connectivity index (χ3n) is 3.54. The lowest BCUT2D eigenvalue weighted by atomic mass is 10.0. The molecular weight excluding hydrogens is 268 g/mol. The van der Waals surface area contributed by atoms with E-state index < -0.39 is 12.0 Å². The summed E-state index contributed by atoms with van der Waals surface area (Å²) >= 11 is 0. The Labute approximate surface area is 120 Å². The number of aliphatic carboxylic acids is 1. The van der Waals surface area contributed by atoms with E-state index in [-0.39, 0.29) is 11.8 Å². The Kier molecular flexibility index (Phi) is 3.19. The highest BCUT2D eigenvalue weighted by Crippen LogP contribution is 2.16. The number of carboxylic acid groups (broad SMARTS) is 1. The number of nitrogens with one attached hydrogen (secondary N) is 1. The number of pyridine rings is 1. The van der Waals surface area contributed by atoms with E-state index in [2.05, 4.69) is 4.98 Å². The summed E-state index contributed by atoms with van der Waals surface area (Å²) in [4.78, 5) is 26.5. The van der Waals surface area contributed by atoms with Gasteiger partial charge >= 0.3 is 5.97 Å². The van der Waals surface area contributed by atoms with Gasteiger partial charge in [0.2, 0.25) is 0 Å². The van der Waals surface area contributed by atoms with Crippen molar-refractivity contribution in [1.29, 1.82) is 0 Å². The molecule has 0 saturated carbocycles. The van der Waals surface area contributed by atoms with Crippen LogP contribution in [0, 0.1) is 0 Å². The van der Waals surface area contributed by atoms with E-state index >= 15 is 0 Å². The van der Waals surface area contributed by atoms with Gasteiger partial charge in [-0.15, -0.1) is 0 Å². The molecule has 0 aliphatic rings. The van der Waals surface area contributed by atoms with Gasteiger partial charge in [0.15, 0.2) is 5.43 Å². The van der Waals surface area contributed by atoms with Crippen molar-refractivity contribution in [1.82, 2.24) is 4.98 Å². The van der Waals surface area contributed by atoms with Gasteiger partial charge in [0.25, 0.3) is 0 Å². The Balaban J connectivity index is 2.17. The fourth-order valence-corrected chi connectivity index (χ4v) is 2.44. The Morgan fingerprint density at radius 1 is 1.14 bits per heavy atom. The minimum absolute atomic E-state index is 0.0647. The standard InChI is InChI=1S/C16H14N2O3/c17-12(16(20)21)8-9-5-6-14-11(7-9)15(19)10-3-1-2-4-13(10)18-14/h1-7,12H,8,17H2,(H,18,19)(H,20,21)/t12-/m0/s1. The van der Waals surface area contributed by atoms with Crippen molar-refractivity contribution in [2.24, 2.45) is 5.73 Å². The molecular formula is C16H14N2O3. The van der Waals surface area contributed by atoms with E-state index in [0.717, 1.165) is 16.6 Å². The number of hydrogen-bond acceptors (Lipinski definition) is 3. The van der Waals surface area contributed by atoms with E-state index in [1.54, 1.807) is 24.3 Å². The molecule has 0 saturated heterocycles. The predicted molar refractivity (Wildman–Crippen MR) is 81.4 cm³/mol. The van der Waals surface area contributed by atoms with Crippen molar-refractivity contribution >= 4 is 27.8 Å². The van der Waals surface area contributed by atoms with Crippen molar-refractivity contribution in [3.8, 4) is 0 Å². The third kappa shape index (κ3) is 2.39. The second kappa shape index (κ2) is 5.03. The minimum atomic E-state index is -1.05. The van der Waals surface area contributed by atoms with Gasteiger partial charge in [-0.25, -0.2) is 0 Å². The van der Waals surface area contributed by atoms with Crippen LogP contribution < -0.4 is 11.2 Å². The molecule has 0 spiro atoms. The molecule has 0 unspecified atom stereocenters. The number of para-hydroxylation sites is 1. The number of rotatable bonds is 3. The highest BCUT2D eigenvalue weighted by molar-refractivity contribution is 5.92. The van der Waals surface area contributed by atoms with E-state index in [0.29, 0.717) is 10.8 Å². The Morgan fingerprint density at radius 2 is 1.86 bits per heavy atom. The van der Waals surface area contributed by atoms with Crippen molar-refractivity contribution in [2.75, 3.05) is 0 Å². The summed E-state index contributed by atoms with van der Waals surface area (Å²) in [5.74, 6) is -1.05. The van der Waals surface area contributed by atoms with Gasteiger partial charge in [-0.3, -0.25) is 9.59 Å². The lowest BCUT2D eigenvalue weighted by Crippen LogP contribution is -2.32. The van der Waals surface area contributed by atoms with Crippen molar-refractivity contribution in [3.05, 3.63) is 58.3 Å². The monoisotopic (exact) mass is 282 g/mol. The number of carbonyl (C=O) groups is 1.